The van der Waals surface area contributed by atoms with E-state index < -0.39 is 0 Å². The molecular formula is C16H24ClNO. The highest BCUT2D eigenvalue weighted by Crippen LogP contribution is 2.38. The Morgan fingerprint density at radius 1 is 1.37 bits per heavy atom. The van der Waals surface area contributed by atoms with Gasteiger partial charge in [0.2, 0.25) is 0 Å². The van der Waals surface area contributed by atoms with Crippen LogP contribution in [0, 0.1) is 12.3 Å². The van der Waals surface area contributed by atoms with Crippen molar-refractivity contribution in [1.29, 1.82) is 0 Å². The van der Waals surface area contributed by atoms with Crippen molar-refractivity contribution in [1.82, 2.24) is 5.32 Å². The van der Waals surface area contributed by atoms with Gasteiger partial charge in [-0.05, 0) is 56.3 Å². The second-order valence-electron chi connectivity index (χ2n) is 6.39. The summed E-state index contributed by atoms with van der Waals surface area (Å²) in [5.41, 5.74) is 1.50. The van der Waals surface area contributed by atoms with Gasteiger partial charge in [-0.1, -0.05) is 31.5 Å². The van der Waals surface area contributed by atoms with Crippen LogP contribution < -0.4 is 10.1 Å². The van der Waals surface area contributed by atoms with Gasteiger partial charge in [-0.15, -0.1) is 0 Å². The van der Waals surface area contributed by atoms with Crippen LogP contribution in [0.1, 0.15) is 38.7 Å². The number of benzene rings is 1. The normalized spacial score (nSPS) is 26.2. The molecule has 106 valence electrons. The van der Waals surface area contributed by atoms with E-state index in [-0.39, 0.29) is 6.10 Å². The second kappa shape index (κ2) is 5.72. The Labute approximate surface area is 121 Å². The van der Waals surface area contributed by atoms with E-state index >= 15 is 0 Å². The average molecular weight is 282 g/mol. The van der Waals surface area contributed by atoms with Crippen molar-refractivity contribution in [3.8, 4) is 5.75 Å². The molecule has 1 saturated carbocycles. The molecule has 2 rings (SSSR count). The highest BCUT2D eigenvalue weighted by atomic mass is 35.5. The van der Waals surface area contributed by atoms with Gasteiger partial charge in [0.05, 0.1) is 5.02 Å². The van der Waals surface area contributed by atoms with Crippen molar-refractivity contribution in [2.75, 3.05) is 7.05 Å². The maximum Gasteiger partial charge on any atom is 0.138 e. The van der Waals surface area contributed by atoms with E-state index in [0.29, 0.717) is 16.5 Å². The van der Waals surface area contributed by atoms with Crippen LogP contribution in [0.2, 0.25) is 5.02 Å². The third-order valence-electron chi connectivity index (χ3n) is 4.07. The molecule has 1 aromatic rings. The number of ether oxygens (including phenoxy) is 1. The Morgan fingerprint density at radius 3 is 2.74 bits per heavy atom. The zero-order valence-electron chi connectivity index (χ0n) is 12.3. The molecular weight excluding hydrogens is 258 g/mol. The molecule has 2 unspecified atom stereocenters. The summed E-state index contributed by atoms with van der Waals surface area (Å²) in [6.07, 6.45) is 3.63. The smallest absolute Gasteiger partial charge is 0.138 e. The first-order valence-electron chi connectivity index (χ1n) is 7.01. The molecule has 0 heterocycles. The van der Waals surface area contributed by atoms with E-state index in [1.54, 1.807) is 0 Å². The second-order valence-corrected chi connectivity index (χ2v) is 6.80. The molecule has 2 nitrogen and oxygen atoms in total. The van der Waals surface area contributed by atoms with Crippen LogP contribution in [0.3, 0.4) is 0 Å². The van der Waals surface area contributed by atoms with Crippen LogP contribution in [0.25, 0.3) is 0 Å². The summed E-state index contributed by atoms with van der Waals surface area (Å²) >= 11 is 6.27. The van der Waals surface area contributed by atoms with Gasteiger partial charge in [0, 0.05) is 6.04 Å². The van der Waals surface area contributed by atoms with Crippen LogP contribution in [-0.4, -0.2) is 19.2 Å². The molecule has 0 aliphatic heterocycles. The molecule has 1 fully saturated rings. The summed E-state index contributed by atoms with van der Waals surface area (Å²) in [6, 6.07) is 6.39. The van der Waals surface area contributed by atoms with Crippen molar-refractivity contribution >= 4 is 11.6 Å². The molecule has 0 bridgehead atoms. The van der Waals surface area contributed by atoms with Gasteiger partial charge >= 0.3 is 0 Å². The zero-order chi connectivity index (χ0) is 14.0. The lowest BCUT2D eigenvalue weighted by Gasteiger charge is -2.40. The van der Waals surface area contributed by atoms with E-state index in [0.717, 1.165) is 24.2 Å². The third-order valence-corrected chi connectivity index (χ3v) is 4.37. The number of hydrogen-bond acceptors (Lipinski definition) is 2. The maximum atomic E-state index is 6.27. The molecule has 0 saturated heterocycles. The Balaban J connectivity index is 2.14. The van der Waals surface area contributed by atoms with Crippen LogP contribution in [0.15, 0.2) is 18.2 Å². The van der Waals surface area contributed by atoms with Crippen LogP contribution in [-0.2, 0) is 0 Å². The minimum Gasteiger partial charge on any atom is -0.487 e. The monoisotopic (exact) mass is 281 g/mol. The van der Waals surface area contributed by atoms with Crippen LogP contribution >= 0.6 is 11.6 Å². The maximum absolute atomic E-state index is 6.27. The fourth-order valence-electron chi connectivity index (χ4n) is 2.84. The van der Waals surface area contributed by atoms with Gasteiger partial charge in [-0.2, -0.15) is 0 Å². The van der Waals surface area contributed by atoms with Gasteiger partial charge in [-0.25, -0.2) is 0 Å². The summed E-state index contributed by atoms with van der Waals surface area (Å²) in [5, 5.41) is 4.08. The fraction of sp³-hybridized carbons (Fsp3) is 0.625. The fourth-order valence-corrected chi connectivity index (χ4v) is 3.12. The van der Waals surface area contributed by atoms with Gasteiger partial charge in [0.15, 0.2) is 0 Å². The van der Waals surface area contributed by atoms with Crippen molar-refractivity contribution in [3.05, 3.63) is 28.8 Å². The number of hydrogen-bond donors (Lipinski definition) is 1. The largest absolute Gasteiger partial charge is 0.487 e. The van der Waals surface area contributed by atoms with Crippen molar-refractivity contribution in [2.45, 2.75) is 52.2 Å². The summed E-state index contributed by atoms with van der Waals surface area (Å²) in [7, 11) is 2.01. The first-order chi connectivity index (χ1) is 8.91. The summed E-state index contributed by atoms with van der Waals surface area (Å²) < 4.78 is 6.19. The third kappa shape index (κ3) is 3.64. The zero-order valence-corrected chi connectivity index (χ0v) is 13.1. The first-order valence-corrected chi connectivity index (χ1v) is 7.39. The van der Waals surface area contributed by atoms with Crippen molar-refractivity contribution in [2.24, 2.45) is 5.41 Å². The lowest BCUT2D eigenvalue weighted by molar-refractivity contribution is 0.0559. The van der Waals surface area contributed by atoms with Gasteiger partial charge in [-0.3, -0.25) is 0 Å². The minimum absolute atomic E-state index is 0.189. The highest BCUT2D eigenvalue weighted by Gasteiger charge is 2.35. The molecule has 1 aliphatic carbocycles. The molecule has 19 heavy (non-hydrogen) atoms. The van der Waals surface area contributed by atoms with Crippen LogP contribution in [0.4, 0.5) is 0 Å². The Kier molecular flexibility index (Phi) is 4.42. The summed E-state index contributed by atoms with van der Waals surface area (Å²) in [5.74, 6) is 0.801. The molecule has 0 aromatic heterocycles. The molecule has 1 aromatic carbocycles. The molecule has 3 heteroatoms. The van der Waals surface area contributed by atoms with Gasteiger partial charge < -0.3 is 10.1 Å². The van der Waals surface area contributed by atoms with E-state index in [2.05, 4.69) is 19.2 Å². The van der Waals surface area contributed by atoms with Gasteiger partial charge in [0.25, 0.3) is 0 Å². The van der Waals surface area contributed by atoms with Crippen molar-refractivity contribution in [3.63, 3.8) is 0 Å². The number of likely N-dealkylation sites (N-methyl/N-ethyl adjacent to an activating group) is 1. The quantitative estimate of drug-likeness (QED) is 0.897. The molecule has 0 spiro atoms. The molecule has 2 atom stereocenters. The van der Waals surface area contributed by atoms with E-state index in [9.17, 15) is 0 Å². The number of nitrogens with one attached hydrogen (secondary N) is 1. The van der Waals surface area contributed by atoms with Crippen LogP contribution in [0.5, 0.6) is 5.75 Å². The Bertz CT molecular complexity index is 444. The van der Waals surface area contributed by atoms with Gasteiger partial charge in [0.1, 0.15) is 11.9 Å². The summed E-state index contributed by atoms with van der Waals surface area (Å²) in [6.45, 7) is 6.66. The lowest BCUT2D eigenvalue weighted by Crippen LogP contribution is -2.47. The number of aryl methyl sites for hydroxylation is 1. The minimum atomic E-state index is 0.189. The molecule has 0 amide bonds. The van der Waals surface area contributed by atoms with E-state index in [4.69, 9.17) is 16.3 Å². The molecule has 1 N–H and O–H groups in total. The number of halogens is 1. The first kappa shape index (κ1) is 14.7. The Morgan fingerprint density at radius 2 is 2.11 bits per heavy atom. The SMILES string of the molecule is CNC1CCC(C)(C)CC1Oc1ccc(C)cc1Cl. The standard InChI is InChI=1S/C16H24ClNO/c1-11-5-6-14(12(17)9-11)19-15-10-16(2,3)8-7-13(15)18-4/h5-6,9,13,15,18H,7-8,10H2,1-4H3. The summed E-state index contributed by atoms with van der Waals surface area (Å²) in [4.78, 5) is 0. The van der Waals surface area contributed by atoms with E-state index in [1.807, 2.05) is 32.2 Å². The van der Waals surface area contributed by atoms with Crippen molar-refractivity contribution < 1.29 is 4.74 Å². The topological polar surface area (TPSA) is 21.3 Å². The van der Waals surface area contributed by atoms with E-state index in [1.165, 1.54) is 6.42 Å². The highest BCUT2D eigenvalue weighted by molar-refractivity contribution is 6.32. The predicted molar refractivity (Wildman–Crippen MR) is 81.1 cm³/mol. The lowest BCUT2D eigenvalue weighted by atomic mass is 9.74. The predicted octanol–water partition coefficient (Wildman–Crippen LogP) is 4.19. The Hall–Kier alpha value is -0.730. The average Bonchev–Trinajstić information content (AvgIpc) is 2.32. The molecule has 0 radical (unpaired) electrons. The number of rotatable bonds is 3. The molecule has 1 aliphatic rings.